The predicted molar refractivity (Wildman–Crippen MR) is 239 cm³/mol. The van der Waals surface area contributed by atoms with Crippen molar-refractivity contribution in [3.8, 4) is 11.4 Å². The molecule has 56 heavy (non-hydrogen) atoms. The normalized spacial score (nSPS) is 13.4. The van der Waals surface area contributed by atoms with Crippen LogP contribution >= 0.6 is 0 Å². The average Bonchev–Trinajstić information content (AvgIpc) is 3.78. The molecule has 0 radical (unpaired) electrons. The Hall–Kier alpha value is -6.97. The molecule has 0 aliphatic heterocycles. The first-order valence-electron chi connectivity index (χ1n) is 19.3. The molecular formula is C53H43N3. The number of benzene rings is 7. The van der Waals surface area contributed by atoms with Crippen LogP contribution in [0, 0.1) is 0 Å². The number of fused-ring (bicyclic) bond motifs is 6. The number of rotatable bonds is 10. The van der Waals surface area contributed by atoms with E-state index in [0.29, 0.717) is 0 Å². The fourth-order valence-electron chi connectivity index (χ4n) is 8.44. The Morgan fingerprint density at radius 3 is 1.84 bits per heavy atom. The summed E-state index contributed by atoms with van der Waals surface area (Å²) >= 11 is 0. The third-order valence-electron chi connectivity index (χ3n) is 11.1. The van der Waals surface area contributed by atoms with E-state index < -0.39 is 5.54 Å². The summed E-state index contributed by atoms with van der Waals surface area (Å²) in [6.07, 6.45) is 10.8. The highest BCUT2D eigenvalue weighted by Crippen LogP contribution is 2.45. The Morgan fingerprint density at radius 2 is 1.16 bits per heavy atom. The summed E-state index contributed by atoms with van der Waals surface area (Å²) in [5.41, 5.74) is 11.8. The molecule has 2 heterocycles. The molecule has 7 aromatic carbocycles. The van der Waals surface area contributed by atoms with Gasteiger partial charge in [-0.05, 0) is 67.3 Å². The molecule has 2 aromatic heterocycles. The third kappa shape index (κ3) is 5.99. The number of hydrogen-bond acceptors (Lipinski definition) is 1. The maximum atomic E-state index is 5.72. The average molecular weight is 722 g/mol. The smallest absolute Gasteiger partial charge is 0.110 e. The second-order valence-corrected chi connectivity index (χ2v) is 14.5. The minimum atomic E-state index is -0.742. The molecule has 0 spiro atoms. The van der Waals surface area contributed by atoms with E-state index in [0.717, 1.165) is 51.2 Å². The largest absolute Gasteiger partial charge is 0.307 e. The van der Waals surface area contributed by atoms with Crippen LogP contribution < -0.4 is 0 Å². The Bertz CT molecular complexity index is 2900. The van der Waals surface area contributed by atoms with Gasteiger partial charge in [-0.3, -0.25) is 4.99 Å². The molecule has 0 bridgehead atoms. The fourth-order valence-corrected chi connectivity index (χ4v) is 8.44. The lowest BCUT2D eigenvalue weighted by Gasteiger charge is -2.30. The molecule has 1 atom stereocenters. The summed E-state index contributed by atoms with van der Waals surface area (Å²) < 4.78 is 4.93. The van der Waals surface area contributed by atoms with Crippen molar-refractivity contribution in [3.63, 3.8) is 0 Å². The SMILES string of the molecule is C=C/C=C\C=C/Cc1ccc(C(C)(/N=C(\C)c2ccccc2)c2cccc3c4cccc(-n5c6ccccc6c6ccccc65)c4n(-c4ccccc4)c23)cc1. The van der Waals surface area contributed by atoms with E-state index in [1.807, 2.05) is 12.2 Å². The molecule has 9 rings (SSSR count). The van der Waals surface area contributed by atoms with E-state index in [2.05, 4.69) is 212 Å². The molecule has 0 aliphatic rings. The lowest BCUT2D eigenvalue weighted by molar-refractivity contribution is 0.610. The van der Waals surface area contributed by atoms with Crippen LogP contribution in [0.15, 0.2) is 212 Å². The van der Waals surface area contributed by atoms with E-state index >= 15 is 0 Å². The number of aromatic nitrogens is 2. The van der Waals surface area contributed by atoms with E-state index in [-0.39, 0.29) is 0 Å². The molecule has 9 aromatic rings. The zero-order valence-electron chi connectivity index (χ0n) is 31.8. The highest BCUT2D eigenvalue weighted by molar-refractivity contribution is 6.16. The number of aliphatic imine (C=N–C) groups is 1. The van der Waals surface area contributed by atoms with Crippen molar-refractivity contribution in [2.75, 3.05) is 0 Å². The van der Waals surface area contributed by atoms with Crippen molar-refractivity contribution >= 4 is 49.3 Å². The first-order chi connectivity index (χ1) is 27.6. The van der Waals surface area contributed by atoms with Gasteiger partial charge in [0.2, 0.25) is 0 Å². The van der Waals surface area contributed by atoms with Crippen molar-refractivity contribution in [2.24, 2.45) is 4.99 Å². The van der Waals surface area contributed by atoms with Gasteiger partial charge in [0.15, 0.2) is 0 Å². The maximum absolute atomic E-state index is 5.72. The van der Waals surface area contributed by atoms with E-state index in [9.17, 15) is 0 Å². The highest BCUT2D eigenvalue weighted by atomic mass is 15.1. The van der Waals surface area contributed by atoms with Gasteiger partial charge in [-0.1, -0.05) is 176 Å². The summed E-state index contributed by atoms with van der Waals surface area (Å²) in [6.45, 7) is 8.19. The minimum absolute atomic E-state index is 0.742. The molecule has 0 saturated heterocycles. The predicted octanol–water partition coefficient (Wildman–Crippen LogP) is 13.5. The first kappa shape index (κ1) is 34.8. The molecular weight excluding hydrogens is 679 g/mol. The number of para-hydroxylation sites is 5. The van der Waals surface area contributed by atoms with Gasteiger partial charge in [0.05, 0.1) is 27.8 Å². The van der Waals surface area contributed by atoms with Crippen molar-refractivity contribution < 1.29 is 0 Å². The van der Waals surface area contributed by atoms with Gasteiger partial charge >= 0.3 is 0 Å². The van der Waals surface area contributed by atoms with Gasteiger partial charge in [-0.15, -0.1) is 0 Å². The van der Waals surface area contributed by atoms with E-state index in [1.54, 1.807) is 6.08 Å². The van der Waals surface area contributed by atoms with Gasteiger partial charge in [-0.2, -0.15) is 0 Å². The zero-order chi connectivity index (χ0) is 38.1. The molecule has 3 heteroatoms. The van der Waals surface area contributed by atoms with Gasteiger partial charge in [0.25, 0.3) is 0 Å². The molecule has 270 valence electrons. The second kappa shape index (κ2) is 14.7. The van der Waals surface area contributed by atoms with Crippen molar-refractivity contribution in [2.45, 2.75) is 25.8 Å². The fraction of sp³-hybridized carbons (Fsp3) is 0.0755. The quantitative estimate of drug-likeness (QED) is 0.0991. The standard InChI is InChI=1S/C53H43N3/c1-4-5-6-7-10-21-39-34-36-41(37-35-39)53(3,54-38(2)40-22-11-8-12-23-40)47-30-19-28-45-46-29-20-33-50(52(46)55(51(45)47)42-24-13-9-14-25-42)56-48-31-17-15-26-43(48)44-27-16-18-32-49(44)56/h4-20,22-37H,1,21H2,2-3H3/b6-5-,10-7-,54-38+. The summed E-state index contributed by atoms with van der Waals surface area (Å²) in [4.78, 5) is 5.72. The minimum Gasteiger partial charge on any atom is -0.307 e. The summed E-state index contributed by atoms with van der Waals surface area (Å²) in [5.74, 6) is 0. The van der Waals surface area contributed by atoms with Crippen LogP contribution in [0.4, 0.5) is 0 Å². The van der Waals surface area contributed by atoms with Crippen molar-refractivity contribution in [3.05, 3.63) is 229 Å². The topological polar surface area (TPSA) is 22.2 Å². The number of hydrogen-bond donors (Lipinski definition) is 0. The van der Waals surface area contributed by atoms with Crippen molar-refractivity contribution in [1.82, 2.24) is 9.13 Å². The van der Waals surface area contributed by atoms with E-state index in [4.69, 9.17) is 4.99 Å². The van der Waals surface area contributed by atoms with Crippen molar-refractivity contribution in [1.29, 1.82) is 0 Å². The van der Waals surface area contributed by atoms with Crippen LogP contribution in [-0.2, 0) is 12.0 Å². The molecule has 0 aliphatic carbocycles. The number of allylic oxidation sites excluding steroid dienone is 5. The summed E-state index contributed by atoms with van der Waals surface area (Å²) in [6, 6.07) is 61.4. The van der Waals surface area contributed by atoms with Gasteiger partial charge in [0, 0.05) is 38.5 Å². The molecule has 0 N–H and O–H groups in total. The van der Waals surface area contributed by atoms with Gasteiger partial charge in [-0.25, -0.2) is 0 Å². The summed E-state index contributed by atoms with van der Waals surface area (Å²) in [7, 11) is 0. The second-order valence-electron chi connectivity index (χ2n) is 14.5. The Balaban J connectivity index is 1.35. The Kier molecular flexibility index (Phi) is 9.12. The Morgan fingerprint density at radius 1 is 0.571 bits per heavy atom. The van der Waals surface area contributed by atoms with Gasteiger partial charge < -0.3 is 9.13 Å². The monoisotopic (exact) mass is 721 g/mol. The Labute approximate surface area is 328 Å². The molecule has 0 saturated carbocycles. The zero-order valence-corrected chi connectivity index (χ0v) is 31.8. The van der Waals surface area contributed by atoms with Gasteiger partial charge in [0.1, 0.15) is 5.54 Å². The van der Waals surface area contributed by atoms with Crippen LogP contribution in [0.5, 0.6) is 0 Å². The molecule has 1 unspecified atom stereocenters. The van der Waals surface area contributed by atoms with Crippen LogP contribution in [0.1, 0.15) is 36.1 Å². The van der Waals surface area contributed by atoms with Crippen LogP contribution in [-0.4, -0.2) is 14.8 Å². The maximum Gasteiger partial charge on any atom is 0.110 e. The van der Waals surface area contributed by atoms with E-state index in [1.165, 1.54) is 38.1 Å². The number of nitrogens with zero attached hydrogens (tertiary/aromatic N) is 3. The lowest BCUT2D eigenvalue weighted by atomic mass is 9.83. The molecule has 0 fully saturated rings. The molecule has 0 amide bonds. The third-order valence-corrected chi connectivity index (χ3v) is 11.1. The highest BCUT2D eigenvalue weighted by Gasteiger charge is 2.33. The van der Waals surface area contributed by atoms with Crippen LogP contribution in [0.2, 0.25) is 0 Å². The first-order valence-corrected chi connectivity index (χ1v) is 19.3. The lowest BCUT2D eigenvalue weighted by Crippen LogP contribution is -2.24. The van der Waals surface area contributed by atoms with Crippen LogP contribution in [0.25, 0.3) is 55.0 Å². The summed E-state index contributed by atoms with van der Waals surface area (Å²) in [5, 5.41) is 4.88. The molecule has 3 nitrogen and oxygen atoms in total. The van der Waals surface area contributed by atoms with Crippen LogP contribution in [0.3, 0.4) is 0 Å².